The van der Waals surface area contributed by atoms with Crippen LogP contribution in [0.5, 0.6) is 17.4 Å². The third-order valence-electron chi connectivity index (χ3n) is 11.8. The Kier molecular flexibility index (Phi) is 12.8. The number of carbonyl (C=O) groups excluding carboxylic acids is 5. The first-order chi connectivity index (χ1) is 29.5. The highest BCUT2D eigenvalue weighted by Crippen LogP contribution is 2.46. The first kappa shape index (κ1) is 44.3. The lowest BCUT2D eigenvalue weighted by atomic mass is 10.0. The lowest BCUT2D eigenvalue weighted by Crippen LogP contribution is -2.58. The van der Waals surface area contributed by atoms with E-state index in [9.17, 15) is 32.4 Å². The van der Waals surface area contributed by atoms with Gasteiger partial charge in [-0.2, -0.15) is 5.10 Å². The molecule has 2 aromatic heterocycles. The van der Waals surface area contributed by atoms with Crippen LogP contribution in [0, 0.1) is 12.8 Å². The van der Waals surface area contributed by atoms with Crippen molar-refractivity contribution >= 4 is 50.5 Å². The van der Waals surface area contributed by atoms with Gasteiger partial charge < -0.3 is 34.6 Å². The Balaban J connectivity index is 1.21. The number of fused-ring (bicyclic) bond motifs is 3. The zero-order valence-corrected chi connectivity index (χ0v) is 36.8. The second kappa shape index (κ2) is 17.9. The van der Waals surface area contributed by atoms with Crippen molar-refractivity contribution in [2.75, 3.05) is 27.7 Å². The van der Waals surface area contributed by atoms with E-state index in [1.165, 1.54) is 26.7 Å². The van der Waals surface area contributed by atoms with E-state index in [4.69, 9.17) is 19.2 Å². The number of sulfonamides is 1. The number of nitrogens with zero attached hydrogens (tertiary/aromatic N) is 5. The molecule has 4 heterocycles. The van der Waals surface area contributed by atoms with Crippen molar-refractivity contribution < 1.29 is 46.6 Å². The number of hydrogen-bond donors (Lipinski definition) is 3. The Morgan fingerprint density at radius 1 is 1.06 bits per heavy atom. The summed E-state index contributed by atoms with van der Waals surface area (Å²) in [6.45, 7) is 5.47. The molecule has 18 nitrogen and oxygen atoms in total. The molecule has 7 rings (SSSR count). The average molecular weight is 877 g/mol. The van der Waals surface area contributed by atoms with Crippen LogP contribution < -0.4 is 29.6 Å². The summed E-state index contributed by atoms with van der Waals surface area (Å²) in [5, 5.41) is 10.0. The van der Waals surface area contributed by atoms with Gasteiger partial charge in [0.25, 0.3) is 11.8 Å². The number of nitrogens with one attached hydrogen (secondary N) is 3. The maximum atomic E-state index is 14.9. The molecule has 334 valence electrons. The lowest BCUT2D eigenvalue weighted by Gasteiger charge is -2.29. The summed E-state index contributed by atoms with van der Waals surface area (Å²) in [5.74, 6) is -2.01. The summed E-state index contributed by atoms with van der Waals surface area (Å²) >= 11 is 0. The fourth-order valence-electron chi connectivity index (χ4n) is 8.09. The van der Waals surface area contributed by atoms with Crippen LogP contribution in [0.3, 0.4) is 0 Å². The predicted octanol–water partition coefficient (Wildman–Crippen LogP) is 2.77. The number of hydrogen-bond acceptors (Lipinski definition) is 12. The van der Waals surface area contributed by atoms with Crippen LogP contribution in [0.25, 0.3) is 10.9 Å². The van der Waals surface area contributed by atoms with E-state index in [1.807, 2.05) is 39.0 Å². The molecule has 2 saturated carbocycles. The summed E-state index contributed by atoms with van der Waals surface area (Å²) in [7, 11) is 0.865. The molecule has 3 N–H and O–H groups in total. The van der Waals surface area contributed by atoms with E-state index in [0.717, 1.165) is 12.0 Å². The molecule has 5 amide bonds. The number of rotatable bonds is 12. The SMILES string of the molecule is COc1ccc2c(O[C@@H]3C[C@H]4C(=O)N[C@]5(C(=O)NS(=O)(=O)C6CC6)CC5/C=C\CCCCC[C@H](NC(=O)c5ccn(CC(=O)N(C)C)n5)C(=O)N4C3)cc(OC(C)C)nc2c1C. The normalized spacial score (nSPS) is 24.8. The predicted molar refractivity (Wildman–Crippen MR) is 227 cm³/mol. The van der Waals surface area contributed by atoms with E-state index in [0.29, 0.717) is 60.4 Å². The van der Waals surface area contributed by atoms with Gasteiger partial charge in [-0.15, -0.1) is 0 Å². The molecule has 62 heavy (non-hydrogen) atoms. The molecule has 0 spiro atoms. The number of aryl methyl sites for hydroxylation is 1. The standard InChI is InChI=1S/C43H56N8O10S/c1-25(2)60-36-21-35(30-16-17-34(59-6)26(3)38(30)45-36)61-28-20-33-40(54)46-43(42(56)48-62(57,58)29-14-15-29)22-27(43)12-10-8-7-9-11-13-32(41(55)51(33)23-28)44-39(53)31-18-19-50(47-31)24-37(52)49(4)5/h10,12,16-19,21,25,27-29,32-33H,7-9,11,13-15,20,22-24H2,1-6H3,(H,44,53)(H,46,54)(H,48,56)/b12-10-/t27?,28-,32+,33+,43-/m1/s1. The molecule has 0 bridgehead atoms. The molecule has 19 heteroatoms. The molecule has 2 aliphatic carbocycles. The fourth-order valence-corrected chi connectivity index (χ4v) is 9.45. The fraction of sp³-hybridized carbons (Fsp3) is 0.558. The van der Waals surface area contributed by atoms with Gasteiger partial charge in [-0.1, -0.05) is 25.0 Å². The molecule has 1 aromatic carbocycles. The Morgan fingerprint density at radius 2 is 1.84 bits per heavy atom. The minimum atomic E-state index is -3.94. The van der Waals surface area contributed by atoms with Crippen LogP contribution in [-0.4, -0.2) is 125 Å². The van der Waals surface area contributed by atoms with Crippen LogP contribution in [0.1, 0.15) is 87.7 Å². The van der Waals surface area contributed by atoms with Crippen LogP contribution in [-0.2, 0) is 35.7 Å². The highest BCUT2D eigenvalue weighted by atomic mass is 32.2. The lowest BCUT2D eigenvalue weighted by molar-refractivity contribution is -0.141. The maximum absolute atomic E-state index is 14.9. The van der Waals surface area contributed by atoms with E-state index >= 15 is 0 Å². The quantitative estimate of drug-likeness (QED) is 0.224. The second-order valence-electron chi connectivity index (χ2n) is 17.1. The summed E-state index contributed by atoms with van der Waals surface area (Å²) in [5.41, 5.74) is -0.208. The second-order valence-corrected chi connectivity index (χ2v) is 19.1. The Bertz CT molecular complexity index is 2380. The van der Waals surface area contributed by atoms with E-state index in [2.05, 4.69) is 20.5 Å². The third kappa shape index (κ3) is 9.66. The van der Waals surface area contributed by atoms with Crippen LogP contribution >= 0.6 is 0 Å². The molecule has 3 aromatic rings. The number of allylic oxidation sites excluding steroid dienone is 1. The van der Waals surface area contributed by atoms with Crippen molar-refractivity contribution in [3.05, 3.63) is 53.9 Å². The molecule has 4 aliphatic rings. The molecule has 2 aliphatic heterocycles. The van der Waals surface area contributed by atoms with Gasteiger partial charge in [-0.05, 0) is 77.5 Å². The van der Waals surface area contributed by atoms with Gasteiger partial charge in [0, 0.05) is 49.6 Å². The highest BCUT2D eigenvalue weighted by molar-refractivity contribution is 7.91. The number of benzene rings is 1. The van der Waals surface area contributed by atoms with E-state index < -0.39 is 68.5 Å². The Hall–Kier alpha value is -5.72. The number of aromatic nitrogens is 3. The topological polar surface area (TPSA) is 220 Å². The van der Waals surface area contributed by atoms with Gasteiger partial charge in [-0.3, -0.25) is 33.4 Å². The van der Waals surface area contributed by atoms with Gasteiger partial charge in [-0.25, -0.2) is 13.4 Å². The molecule has 3 fully saturated rings. The molecule has 0 radical (unpaired) electrons. The molecule has 1 unspecified atom stereocenters. The maximum Gasteiger partial charge on any atom is 0.272 e. The summed E-state index contributed by atoms with van der Waals surface area (Å²) in [6, 6.07) is 4.49. The first-order valence-electron chi connectivity index (χ1n) is 21.2. The Morgan fingerprint density at radius 3 is 2.55 bits per heavy atom. The van der Waals surface area contributed by atoms with Crippen molar-refractivity contribution in [1.82, 2.24) is 39.9 Å². The number of ether oxygens (including phenoxy) is 3. The molecule has 5 atom stereocenters. The van der Waals surface area contributed by atoms with E-state index in [1.54, 1.807) is 33.3 Å². The zero-order chi connectivity index (χ0) is 44.5. The average Bonchev–Trinajstić information content (AvgIpc) is 4.10. The summed E-state index contributed by atoms with van der Waals surface area (Å²) in [6.07, 6.45) is 8.35. The van der Waals surface area contributed by atoms with Crippen LogP contribution in [0.15, 0.2) is 42.6 Å². The van der Waals surface area contributed by atoms with Gasteiger partial charge in [0.2, 0.25) is 33.6 Å². The largest absolute Gasteiger partial charge is 0.496 e. The van der Waals surface area contributed by atoms with Gasteiger partial charge >= 0.3 is 0 Å². The smallest absolute Gasteiger partial charge is 0.272 e. The van der Waals surface area contributed by atoms with Gasteiger partial charge in [0.1, 0.15) is 47.5 Å². The summed E-state index contributed by atoms with van der Waals surface area (Å²) in [4.78, 5) is 76.9. The minimum absolute atomic E-state index is 0.000448. The number of methoxy groups -OCH3 is 1. The van der Waals surface area contributed by atoms with Crippen LogP contribution in [0.2, 0.25) is 0 Å². The van der Waals surface area contributed by atoms with Crippen molar-refractivity contribution in [1.29, 1.82) is 0 Å². The van der Waals surface area contributed by atoms with Crippen molar-refractivity contribution in [2.45, 2.75) is 120 Å². The molecular formula is C43H56N8O10S. The Labute approximate surface area is 361 Å². The van der Waals surface area contributed by atoms with Gasteiger partial charge in [0.15, 0.2) is 0 Å². The van der Waals surface area contributed by atoms with Crippen molar-refractivity contribution in [2.24, 2.45) is 5.92 Å². The summed E-state index contributed by atoms with van der Waals surface area (Å²) < 4.78 is 47.7. The molecular weight excluding hydrogens is 821 g/mol. The number of carbonyl (C=O) groups is 5. The minimum Gasteiger partial charge on any atom is -0.496 e. The third-order valence-corrected chi connectivity index (χ3v) is 13.6. The first-order valence-corrected chi connectivity index (χ1v) is 22.8. The van der Waals surface area contributed by atoms with Crippen molar-refractivity contribution in [3.63, 3.8) is 0 Å². The van der Waals surface area contributed by atoms with Gasteiger partial charge in [0.05, 0.1) is 30.5 Å². The van der Waals surface area contributed by atoms with E-state index in [-0.39, 0.29) is 50.1 Å². The number of amides is 5. The molecule has 1 saturated heterocycles. The number of pyridine rings is 1. The highest BCUT2D eigenvalue weighted by Gasteiger charge is 2.62. The number of likely N-dealkylation sites (N-methyl/N-ethyl adjacent to an activating group) is 1. The monoisotopic (exact) mass is 876 g/mol. The van der Waals surface area contributed by atoms with Crippen LogP contribution in [0.4, 0.5) is 0 Å². The zero-order valence-electron chi connectivity index (χ0n) is 36.0. The van der Waals surface area contributed by atoms with Crippen molar-refractivity contribution in [3.8, 4) is 17.4 Å².